The second kappa shape index (κ2) is 23.2. The van der Waals surface area contributed by atoms with Gasteiger partial charge in [-0.2, -0.15) is 0 Å². The van der Waals surface area contributed by atoms with Gasteiger partial charge in [-0.3, -0.25) is 24.2 Å². The van der Waals surface area contributed by atoms with Gasteiger partial charge in [0.1, 0.15) is 12.2 Å². The van der Waals surface area contributed by atoms with Gasteiger partial charge < -0.3 is 67.1 Å². The van der Waals surface area contributed by atoms with Crippen LogP contribution in [0, 0.1) is 11.8 Å². The van der Waals surface area contributed by atoms with Crippen LogP contribution in [0.4, 0.5) is 0 Å². The van der Waals surface area contributed by atoms with Crippen LogP contribution in [-0.2, 0) is 57.2 Å². The van der Waals surface area contributed by atoms with Gasteiger partial charge >= 0.3 is 35.5 Å². The molecular formula is C52H67BN6NaO13. The molecule has 2 saturated carbocycles. The van der Waals surface area contributed by atoms with Crippen molar-refractivity contribution in [2.24, 2.45) is 5.73 Å². The number of hydrogen-bond acceptors (Lipinski definition) is 17. The van der Waals surface area contributed by atoms with Gasteiger partial charge in [-0.25, -0.2) is 4.79 Å². The number of piperidine rings is 2. The van der Waals surface area contributed by atoms with Crippen molar-refractivity contribution < 1.29 is 92.9 Å². The van der Waals surface area contributed by atoms with E-state index in [4.69, 9.17) is 31.8 Å². The van der Waals surface area contributed by atoms with Gasteiger partial charge in [0.15, 0.2) is 23.0 Å². The van der Waals surface area contributed by atoms with Crippen molar-refractivity contribution in [3.05, 3.63) is 78.4 Å². The fraction of sp³-hybridized carbons (Fsp3) is 0.596. The summed E-state index contributed by atoms with van der Waals surface area (Å²) >= 11 is 0. The number of aliphatic hydroxyl groups is 2. The topological polar surface area (TPSA) is 267 Å². The number of imide groups is 1. The van der Waals surface area contributed by atoms with Gasteiger partial charge in [0, 0.05) is 90.8 Å². The van der Waals surface area contributed by atoms with E-state index in [1.807, 2.05) is 24.3 Å². The molecule has 4 aliphatic carbocycles. The third-order valence-electron chi connectivity index (χ3n) is 16.7. The largest absolute Gasteiger partial charge is 1.00 e. The predicted molar refractivity (Wildman–Crippen MR) is 260 cm³/mol. The SMILES string of the molecule is C=CCN1CC[C@]23c4c5ccc(O)c4O[C@@H]2C(N)CCC3(O)C1C5.C=CCN1CC[C@]23c4c5ccc(O)c4O[C@@H]2C(NC(=O)CCCOC)CCC3(O)C1C5.COCCC(=O)ON1C(=O)CCC1=O.[B].[C-]#N.[Na+]. The molecule has 3 amide bonds. The number of likely N-dealkylation sites (tertiary alicyclic amines) is 2. The maximum Gasteiger partial charge on any atom is 1.00 e. The molecule has 73 heavy (non-hydrogen) atoms. The summed E-state index contributed by atoms with van der Waals surface area (Å²) in [5, 5.41) is 55.1. The van der Waals surface area contributed by atoms with Crippen molar-refractivity contribution in [2.75, 3.05) is 53.6 Å². The summed E-state index contributed by atoms with van der Waals surface area (Å²) in [6, 6.07) is 7.06. The van der Waals surface area contributed by atoms with Crippen molar-refractivity contribution in [3.63, 3.8) is 0 Å². The second-order valence-corrected chi connectivity index (χ2v) is 20.1. The van der Waals surface area contributed by atoms with E-state index in [1.54, 1.807) is 19.2 Å². The third kappa shape index (κ3) is 9.39. The number of aromatic hydroxyl groups is 2. The molecule has 7 N–H and O–H groups in total. The number of nitrogens with two attached hydrogens (primary N) is 1. The smallest absolute Gasteiger partial charge is 0.512 e. The standard InChI is InChI=1S/C24H32N2O5.C19H24N2O3.C8H11NO5.CN.B.Na/c1-3-11-26-12-10-23-20-15-6-7-17(27)21(20)31-22(23)16(25-19(28)5-4-13-30-2)8-9-24(23,29)18(26)14-15;1-2-8-21-9-7-18-15-11-3-4-13(22)16(15)24-17(18)12(20)5-6-19(18,23)14(21)10-11;1-13-5-4-8(12)14-9-6(10)2-3-7(9)11;1-2;;/h3,6-7,16,18,22,27,29H,1,4-5,8-14H2,2H3,(H,25,28);2-4,12,14,17,22-23H,1,5-10,20H2;2-5H2,1H3;;;/q;;;-1;;+1/t16?,18?,22-,23+,24?;12?,14?,17-,18+,19?;;;;/m11..../s1. The number of nitrogens with zero attached hydrogens (tertiary/aromatic N) is 4. The van der Waals surface area contributed by atoms with Crippen LogP contribution < -0.4 is 50.1 Å². The summed E-state index contributed by atoms with van der Waals surface area (Å²) < 4.78 is 22.3. The van der Waals surface area contributed by atoms with E-state index in [0.717, 1.165) is 75.0 Å². The summed E-state index contributed by atoms with van der Waals surface area (Å²) in [5.74, 6) is -0.275. The van der Waals surface area contributed by atoms with Crippen LogP contribution in [0.5, 0.6) is 23.0 Å². The van der Waals surface area contributed by atoms with Gasteiger partial charge in [-0.05, 0) is 94.1 Å². The Hall–Kier alpha value is -4.53. The molecule has 2 aromatic rings. The van der Waals surface area contributed by atoms with Crippen molar-refractivity contribution in [1.82, 2.24) is 20.2 Å². The van der Waals surface area contributed by atoms with E-state index in [9.17, 15) is 39.6 Å². The van der Waals surface area contributed by atoms with Gasteiger partial charge in [0.25, 0.3) is 11.8 Å². The molecule has 11 rings (SSSR count). The summed E-state index contributed by atoms with van der Waals surface area (Å²) in [6.07, 6.45) is 10.1. The first kappa shape index (κ1) is 57.7. The average molecular weight is 1020 g/mol. The Kier molecular flexibility index (Phi) is 18.3. The average Bonchev–Trinajstić information content (AvgIpc) is 4.01. The van der Waals surface area contributed by atoms with E-state index in [0.29, 0.717) is 55.3 Å². The summed E-state index contributed by atoms with van der Waals surface area (Å²) in [4.78, 5) is 54.8. The fourth-order valence-corrected chi connectivity index (χ4v) is 13.9. The molecule has 4 bridgehead atoms. The minimum Gasteiger partial charge on any atom is -0.512 e. The molecule has 3 saturated heterocycles. The number of amides is 3. The number of benzene rings is 2. The van der Waals surface area contributed by atoms with Crippen molar-refractivity contribution >= 4 is 32.1 Å². The Labute approximate surface area is 450 Å². The van der Waals surface area contributed by atoms with Gasteiger partial charge in [-0.15, -0.1) is 18.2 Å². The van der Waals surface area contributed by atoms with Crippen LogP contribution in [-0.4, -0.2) is 169 Å². The summed E-state index contributed by atoms with van der Waals surface area (Å²) in [5.41, 5.74) is 7.78. The van der Waals surface area contributed by atoms with E-state index >= 15 is 0 Å². The predicted octanol–water partition coefficient (Wildman–Crippen LogP) is -0.947. The number of rotatable bonds is 13. The molecule has 6 unspecified atom stereocenters. The van der Waals surface area contributed by atoms with Crippen LogP contribution in [0.2, 0.25) is 0 Å². The maximum atomic E-state index is 12.6. The van der Waals surface area contributed by atoms with E-state index < -0.39 is 45.9 Å². The van der Waals surface area contributed by atoms with Crippen molar-refractivity contribution in [3.8, 4) is 23.0 Å². The first-order valence-electron chi connectivity index (χ1n) is 24.6. The Bertz CT molecular complexity index is 2430. The summed E-state index contributed by atoms with van der Waals surface area (Å²) in [7, 11) is 3.07. The van der Waals surface area contributed by atoms with Crippen molar-refractivity contribution in [2.45, 2.75) is 142 Å². The molecule has 19 nitrogen and oxygen atoms in total. The molecule has 10 atom stereocenters. The molecule has 21 heteroatoms. The zero-order valence-corrected chi connectivity index (χ0v) is 44.2. The first-order valence-corrected chi connectivity index (χ1v) is 24.6. The molecule has 0 aromatic heterocycles. The monoisotopic (exact) mass is 1020 g/mol. The van der Waals surface area contributed by atoms with E-state index in [-0.39, 0.29) is 112 Å². The number of ether oxygens (including phenoxy) is 4. The van der Waals surface area contributed by atoms with E-state index in [2.05, 4.69) is 37.8 Å². The van der Waals surface area contributed by atoms with Crippen LogP contribution in [0.15, 0.2) is 49.6 Å². The Balaban J connectivity index is 0.000000185. The molecule has 9 aliphatic rings. The first-order chi connectivity index (χ1) is 34.1. The fourth-order valence-electron chi connectivity index (χ4n) is 13.9. The van der Waals surface area contributed by atoms with Gasteiger partial charge in [0.2, 0.25) is 5.91 Å². The van der Waals surface area contributed by atoms with Crippen LogP contribution >= 0.6 is 0 Å². The van der Waals surface area contributed by atoms with Crippen LogP contribution in [0.3, 0.4) is 0 Å². The zero-order chi connectivity index (χ0) is 51.0. The number of carbonyl (C=O) groups excluding carboxylic acids is 4. The molecule has 5 fully saturated rings. The molecular weight excluding hydrogens is 950 g/mol. The number of hydrogen-bond donors (Lipinski definition) is 6. The van der Waals surface area contributed by atoms with Crippen LogP contribution in [0.25, 0.3) is 0 Å². The quantitative estimate of drug-likeness (QED) is 0.0465. The molecule has 3 radical (unpaired) electrons. The Morgan fingerprint density at radius 2 is 1.30 bits per heavy atom. The second-order valence-electron chi connectivity index (χ2n) is 20.1. The molecule has 2 spiro atoms. The Morgan fingerprint density at radius 3 is 1.81 bits per heavy atom. The van der Waals surface area contributed by atoms with Gasteiger partial charge in [0.05, 0.1) is 41.1 Å². The summed E-state index contributed by atoms with van der Waals surface area (Å²) in [6.45, 7) is 16.5. The number of nitrogens with one attached hydrogen (secondary N) is 1. The normalized spacial score (nSPS) is 32.0. The number of carbonyl (C=O) groups is 4. The number of hydroxylamine groups is 2. The maximum absolute atomic E-state index is 12.6. The minimum atomic E-state index is -0.970. The molecule has 387 valence electrons. The Morgan fingerprint density at radius 1 is 0.808 bits per heavy atom. The molecule has 2 aromatic carbocycles. The van der Waals surface area contributed by atoms with Gasteiger partial charge in [-0.1, -0.05) is 24.3 Å². The third-order valence-corrected chi connectivity index (χ3v) is 16.7. The number of methoxy groups -OCH3 is 2. The van der Waals surface area contributed by atoms with Crippen LogP contribution in [0.1, 0.15) is 92.9 Å². The zero-order valence-electron chi connectivity index (χ0n) is 42.2. The number of phenolic OH excluding ortho intramolecular Hbond substituents is 2. The molecule has 5 heterocycles. The number of phenols is 2. The minimum absolute atomic E-state index is 0. The van der Waals surface area contributed by atoms with E-state index in [1.165, 1.54) is 12.7 Å². The van der Waals surface area contributed by atoms with Crippen molar-refractivity contribution in [1.29, 1.82) is 5.26 Å². The molecule has 5 aliphatic heterocycles.